The van der Waals surface area contributed by atoms with Gasteiger partial charge in [-0.25, -0.2) is 4.39 Å². The van der Waals surface area contributed by atoms with Gasteiger partial charge in [-0.15, -0.1) is 0 Å². The molecule has 1 fully saturated rings. The van der Waals surface area contributed by atoms with Crippen molar-refractivity contribution in [3.8, 4) is 0 Å². The summed E-state index contributed by atoms with van der Waals surface area (Å²) in [6.45, 7) is 4.00. The summed E-state index contributed by atoms with van der Waals surface area (Å²) in [5.41, 5.74) is 1.19. The van der Waals surface area contributed by atoms with Crippen LogP contribution in [0.15, 0.2) is 18.2 Å². The van der Waals surface area contributed by atoms with E-state index >= 15 is 0 Å². The van der Waals surface area contributed by atoms with Gasteiger partial charge in [0.25, 0.3) is 0 Å². The van der Waals surface area contributed by atoms with Crippen molar-refractivity contribution in [3.05, 3.63) is 35.1 Å². The summed E-state index contributed by atoms with van der Waals surface area (Å²) in [5, 5.41) is 10.9. The molecule has 1 N–H and O–H groups in total. The second-order valence-corrected chi connectivity index (χ2v) is 6.61. The van der Waals surface area contributed by atoms with Crippen molar-refractivity contribution >= 4 is 0 Å². The Bertz CT molecular complexity index is 474. The van der Waals surface area contributed by atoms with Gasteiger partial charge >= 0.3 is 0 Å². The average molecular weight is 279 g/mol. The number of halogens is 1. The summed E-state index contributed by atoms with van der Waals surface area (Å²) in [7, 11) is 4.08. The Labute approximate surface area is 121 Å². The lowest BCUT2D eigenvalue weighted by molar-refractivity contribution is -0.0451. The van der Waals surface area contributed by atoms with Crippen molar-refractivity contribution in [2.75, 3.05) is 14.1 Å². The molecular weight excluding hydrogens is 253 g/mol. The fraction of sp³-hybridized carbons (Fsp3) is 0.647. The maximum Gasteiger partial charge on any atom is 0.126 e. The number of hydrogen-bond donors (Lipinski definition) is 1. The molecule has 3 unspecified atom stereocenters. The molecule has 0 spiro atoms. The van der Waals surface area contributed by atoms with Gasteiger partial charge in [0, 0.05) is 0 Å². The van der Waals surface area contributed by atoms with Crippen molar-refractivity contribution in [2.45, 2.75) is 51.2 Å². The zero-order valence-electron chi connectivity index (χ0n) is 13.0. The van der Waals surface area contributed by atoms with E-state index in [1.54, 1.807) is 19.1 Å². The molecule has 3 heteroatoms. The van der Waals surface area contributed by atoms with E-state index in [0.717, 1.165) is 24.8 Å². The van der Waals surface area contributed by atoms with E-state index < -0.39 is 6.10 Å². The van der Waals surface area contributed by atoms with E-state index in [1.807, 2.05) is 14.1 Å². The number of benzene rings is 1. The first kappa shape index (κ1) is 15.5. The molecule has 0 amide bonds. The lowest BCUT2D eigenvalue weighted by Crippen LogP contribution is -2.52. The molecule has 0 radical (unpaired) electrons. The molecule has 0 aliphatic heterocycles. The van der Waals surface area contributed by atoms with Crippen molar-refractivity contribution in [3.63, 3.8) is 0 Å². The Balaban J connectivity index is 2.35. The Morgan fingerprint density at radius 1 is 1.40 bits per heavy atom. The van der Waals surface area contributed by atoms with Gasteiger partial charge in [-0.3, -0.25) is 0 Å². The third kappa shape index (κ3) is 2.75. The van der Waals surface area contributed by atoms with Gasteiger partial charge in [0.15, 0.2) is 0 Å². The predicted octanol–water partition coefficient (Wildman–Crippen LogP) is 3.68. The highest BCUT2D eigenvalue weighted by molar-refractivity contribution is 5.28. The molecule has 2 nitrogen and oxygen atoms in total. The molecule has 0 saturated heterocycles. The SMILES string of the molecule is Cc1cc(C(O)C2(N(C)C)CCCC(C)C2)ccc1F. The van der Waals surface area contributed by atoms with Crippen LogP contribution in [0, 0.1) is 18.7 Å². The first-order valence-electron chi connectivity index (χ1n) is 7.48. The Hall–Kier alpha value is -0.930. The Morgan fingerprint density at radius 2 is 2.10 bits per heavy atom. The fourth-order valence-corrected chi connectivity index (χ4v) is 3.61. The highest BCUT2D eigenvalue weighted by atomic mass is 19.1. The zero-order chi connectivity index (χ0) is 14.9. The number of hydrogen-bond acceptors (Lipinski definition) is 2. The first-order chi connectivity index (χ1) is 9.36. The molecule has 1 aromatic carbocycles. The summed E-state index contributed by atoms with van der Waals surface area (Å²) in [5.74, 6) is 0.402. The maximum atomic E-state index is 13.4. The van der Waals surface area contributed by atoms with E-state index in [2.05, 4.69) is 11.8 Å². The summed E-state index contributed by atoms with van der Waals surface area (Å²) >= 11 is 0. The minimum Gasteiger partial charge on any atom is -0.386 e. The maximum absolute atomic E-state index is 13.4. The van der Waals surface area contributed by atoms with E-state index in [0.29, 0.717) is 11.5 Å². The van der Waals surface area contributed by atoms with Crippen LogP contribution in [0.2, 0.25) is 0 Å². The molecule has 1 aromatic rings. The van der Waals surface area contributed by atoms with E-state index in [4.69, 9.17) is 0 Å². The molecule has 2 rings (SSSR count). The van der Waals surface area contributed by atoms with Gasteiger partial charge in [-0.1, -0.05) is 31.9 Å². The van der Waals surface area contributed by atoms with E-state index in [1.165, 1.54) is 12.5 Å². The number of aliphatic hydroxyl groups excluding tert-OH is 1. The summed E-state index contributed by atoms with van der Waals surface area (Å²) in [6, 6.07) is 4.96. The quantitative estimate of drug-likeness (QED) is 0.912. The number of nitrogens with zero attached hydrogens (tertiary/aromatic N) is 1. The predicted molar refractivity (Wildman–Crippen MR) is 80.1 cm³/mol. The van der Waals surface area contributed by atoms with E-state index in [9.17, 15) is 9.50 Å². The molecule has 0 bridgehead atoms. The molecule has 1 aliphatic rings. The standard InChI is InChI=1S/C17H26FNO/c1-12-6-5-9-17(11-12,19(3)4)16(20)14-7-8-15(18)13(2)10-14/h7-8,10,12,16,20H,5-6,9,11H2,1-4H3. The average Bonchev–Trinajstić information content (AvgIpc) is 2.40. The third-order valence-electron chi connectivity index (χ3n) is 4.91. The van der Waals surface area contributed by atoms with Gasteiger partial charge in [0.2, 0.25) is 0 Å². The van der Waals surface area contributed by atoms with Gasteiger partial charge in [0.1, 0.15) is 5.82 Å². The molecule has 0 aromatic heterocycles. The zero-order valence-corrected chi connectivity index (χ0v) is 13.0. The summed E-state index contributed by atoms with van der Waals surface area (Å²) < 4.78 is 13.4. The van der Waals surface area contributed by atoms with Crippen molar-refractivity contribution in [2.24, 2.45) is 5.92 Å². The number of aliphatic hydroxyl groups is 1. The van der Waals surface area contributed by atoms with Crippen LogP contribution in [0.1, 0.15) is 49.8 Å². The normalized spacial score (nSPS) is 28.6. The lowest BCUT2D eigenvalue weighted by atomic mass is 9.70. The highest BCUT2D eigenvalue weighted by Crippen LogP contribution is 2.44. The molecule has 20 heavy (non-hydrogen) atoms. The van der Waals surface area contributed by atoms with Crippen molar-refractivity contribution in [1.82, 2.24) is 4.90 Å². The van der Waals surface area contributed by atoms with E-state index in [-0.39, 0.29) is 11.4 Å². The first-order valence-corrected chi connectivity index (χ1v) is 7.48. The van der Waals surface area contributed by atoms with Gasteiger partial charge in [0.05, 0.1) is 11.6 Å². The van der Waals surface area contributed by atoms with Crippen LogP contribution in [-0.2, 0) is 0 Å². The Kier molecular flexibility index (Phi) is 4.50. The Morgan fingerprint density at radius 3 is 2.65 bits per heavy atom. The number of rotatable bonds is 3. The highest BCUT2D eigenvalue weighted by Gasteiger charge is 2.43. The smallest absolute Gasteiger partial charge is 0.126 e. The summed E-state index contributed by atoms with van der Waals surface area (Å²) in [6.07, 6.45) is 3.76. The second-order valence-electron chi connectivity index (χ2n) is 6.61. The molecule has 3 atom stereocenters. The topological polar surface area (TPSA) is 23.5 Å². The van der Waals surface area contributed by atoms with Gasteiger partial charge in [-0.05, 0) is 57.0 Å². The molecule has 1 saturated carbocycles. The van der Waals surface area contributed by atoms with Crippen molar-refractivity contribution < 1.29 is 9.50 Å². The largest absolute Gasteiger partial charge is 0.386 e. The van der Waals surface area contributed by atoms with Crippen LogP contribution in [0.4, 0.5) is 4.39 Å². The van der Waals surface area contributed by atoms with Gasteiger partial charge in [-0.2, -0.15) is 0 Å². The van der Waals surface area contributed by atoms with Crippen LogP contribution in [-0.4, -0.2) is 29.6 Å². The van der Waals surface area contributed by atoms with Crippen LogP contribution in [0.3, 0.4) is 0 Å². The number of likely N-dealkylation sites (N-methyl/N-ethyl adjacent to an activating group) is 1. The fourth-order valence-electron chi connectivity index (χ4n) is 3.61. The van der Waals surface area contributed by atoms with Crippen molar-refractivity contribution in [1.29, 1.82) is 0 Å². The monoisotopic (exact) mass is 279 g/mol. The third-order valence-corrected chi connectivity index (χ3v) is 4.91. The second kappa shape index (κ2) is 5.82. The van der Waals surface area contributed by atoms with Crippen LogP contribution in [0.25, 0.3) is 0 Å². The van der Waals surface area contributed by atoms with Crippen LogP contribution in [0.5, 0.6) is 0 Å². The minimum atomic E-state index is -0.570. The van der Waals surface area contributed by atoms with Crippen LogP contribution >= 0.6 is 0 Å². The molecule has 1 aliphatic carbocycles. The molecule has 112 valence electrons. The van der Waals surface area contributed by atoms with Crippen LogP contribution < -0.4 is 0 Å². The lowest BCUT2D eigenvalue weighted by Gasteiger charge is -2.48. The van der Waals surface area contributed by atoms with Gasteiger partial charge < -0.3 is 10.0 Å². The minimum absolute atomic E-state index is 0.211. The molecule has 0 heterocycles. The summed E-state index contributed by atoms with van der Waals surface area (Å²) in [4.78, 5) is 2.16. The molecular formula is C17H26FNO. The number of aryl methyl sites for hydroxylation is 1.